The number of aliphatic hydroxyl groups is 1. The number of aliphatic hydroxyl groups excluding tert-OH is 1. The highest BCUT2D eigenvalue weighted by molar-refractivity contribution is 5.77. The molecule has 0 unspecified atom stereocenters. The van der Waals surface area contributed by atoms with Crippen molar-refractivity contribution in [1.82, 2.24) is 0 Å². The maximum atomic E-state index is 11.8. The van der Waals surface area contributed by atoms with E-state index in [1.54, 1.807) is 0 Å². The highest BCUT2D eigenvalue weighted by atomic mass is 16.7. The van der Waals surface area contributed by atoms with E-state index >= 15 is 0 Å². The van der Waals surface area contributed by atoms with Crippen LogP contribution in [-0.4, -0.2) is 66.8 Å². The largest absolute Gasteiger partial charge is 0.467 e. The molecule has 5 atom stereocenters. The fourth-order valence-corrected chi connectivity index (χ4v) is 2.10. The molecule has 0 aromatic carbocycles. The van der Waals surface area contributed by atoms with E-state index < -0.39 is 54.6 Å². The summed E-state index contributed by atoms with van der Waals surface area (Å²) in [6.07, 6.45) is -7.75. The first kappa shape index (κ1) is 18.8. The van der Waals surface area contributed by atoms with E-state index in [1.807, 2.05) is 0 Å². The molecule has 0 amide bonds. The lowest BCUT2D eigenvalue weighted by molar-refractivity contribution is -0.289. The maximum Gasteiger partial charge on any atom is 0.339 e. The Morgan fingerprint density at radius 3 is 1.70 bits per heavy atom. The Labute approximate surface area is 131 Å². The Bertz CT molecular complexity index is 487. The van der Waals surface area contributed by atoms with Crippen molar-refractivity contribution in [3.05, 3.63) is 0 Å². The van der Waals surface area contributed by atoms with Gasteiger partial charge in [-0.15, -0.1) is 0 Å². The predicted octanol–water partition coefficient (Wildman–Crippen LogP) is -1.33. The molecule has 0 saturated carbocycles. The van der Waals surface area contributed by atoms with Crippen LogP contribution in [0.5, 0.6) is 0 Å². The van der Waals surface area contributed by atoms with Crippen molar-refractivity contribution in [3.63, 3.8) is 0 Å². The zero-order chi connectivity index (χ0) is 17.7. The van der Waals surface area contributed by atoms with Crippen molar-refractivity contribution in [1.29, 1.82) is 0 Å². The van der Waals surface area contributed by atoms with Crippen LogP contribution in [-0.2, 0) is 42.9 Å². The lowest BCUT2D eigenvalue weighted by Crippen LogP contribution is -2.63. The van der Waals surface area contributed by atoms with Gasteiger partial charge in [0, 0.05) is 20.8 Å². The van der Waals surface area contributed by atoms with E-state index in [2.05, 4.69) is 4.74 Å². The maximum absolute atomic E-state index is 11.8. The van der Waals surface area contributed by atoms with Gasteiger partial charge >= 0.3 is 23.9 Å². The van der Waals surface area contributed by atoms with Gasteiger partial charge < -0.3 is 28.8 Å². The normalized spacial score (nSPS) is 30.0. The number of esters is 4. The lowest BCUT2D eigenvalue weighted by Gasteiger charge is -2.41. The summed E-state index contributed by atoms with van der Waals surface area (Å²) in [6, 6.07) is 0. The Kier molecular flexibility index (Phi) is 6.46. The molecule has 1 rings (SSSR count). The molecule has 1 fully saturated rings. The summed E-state index contributed by atoms with van der Waals surface area (Å²) in [4.78, 5) is 45.5. The van der Waals surface area contributed by atoms with Crippen LogP contribution in [0.3, 0.4) is 0 Å². The molecule has 1 saturated heterocycles. The summed E-state index contributed by atoms with van der Waals surface area (Å²) in [5.74, 6) is -3.37. The van der Waals surface area contributed by atoms with Crippen LogP contribution in [0.2, 0.25) is 0 Å². The van der Waals surface area contributed by atoms with Gasteiger partial charge in [0.15, 0.2) is 30.7 Å². The molecule has 1 aliphatic heterocycles. The summed E-state index contributed by atoms with van der Waals surface area (Å²) in [5, 5.41) is 9.93. The summed E-state index contributed by atoms with van der Waals surface area (Å²) in [5.41, 5.74) is 0. The number of methoxy groups -OCH3 is 1. The number of carbonyl (C=O) groups is 4. The third-order valence-electron chi connectivity index (χ3n) is 2.85. The monoisotopic (exact) mass is 334 g/mol. The molecule has 130 valence electrons. The molecule has 0 spiro atoms. The molecule has 1 aliphatic rings. The molecule has 0 aliphatic carbocycles. The van der Waals surface area contributed by atoms with E-state index in [9.17, 15) is 24.3 Å². The van der Waals surface area contributed by atoms with Crippen molar-refractivity contribution >= 4 is 23.9 Å². The fraction of sp³-hybridized carbons (Fsp3) is 0.692. The zero-order valence-corrected chi connectivity index (χ0v) is 13.0. The summed E-state index contributed by atoms with van der Waals surface area (Å²) >= 11 is 0. The molecule has 0 bridgehead atoms. The molecule has 10 heteroatoms. The van der Waals surface area contributed by atoms with Crippen molar-refractivity contribution in [3.8, 4) is 0 Å². The second-order valence-corrected chi connectivity index (χ2v) is 4.69. The summed E-state index contributed by atoms with van der Waals surface area (Å²) < 4.78 is 24.3. The summed E-state index contributed by atoms with van der Waals surface area (Å²) in [6.45, 7) is 3.18. The van der Waals surface area contributed by atoms with Gasteiger partial charge in [0.2, 0.25) is 0 Å². The molecule has 0 aromatic heterocycles. The molecule has 0 aromatic rings. The second-order valence-electron chi connectivity index (χ2n) is 4.69. The average Bonchev–Trinajstić information content (AvgIpc) is 2.43. The van der Waals surface area contributed by atoms with Crippen LogP contribution in [0.1, 0.15) is 20.8 Å². The number of rotatable bonds is 4. The van der Waals surface area contributed by atoms with Crippen LogP contribution >= 0.6 is 0 Å². The van der Waals surface area contributed by atoms with Gasteiger partial charge in [-0.1, -0.05) is 0 Å². The van der Waals surface area contributed by atoms with E-state index in [-0.39, 0.29) is 0 Å². The average molecular weight is 334 g/mol. The van der Waals surface area contributed by atoms with Gasteiger partial charge in [-0.05, 0) is 0 Å². The van der Waals surface area contributed by atoms with Crippen LogP contribution in [0.25, 0.3) is 0 Å². The van der Waals surface area contributed by atoms with Crippen molar-refractivity contribution in [2.24, 2.45) is 0 Å². The Hall–Kier alpha value is -2.20. The first-order valence-corrected chi connectivity index (χ1v) is 6.60. The number of hydrogen-bond donors (Lipinski definition) is 1. The summed E-state index contributed by atoms with van der Waals surface area (Å²) in [7, 11) is 1.06. The molecule has 0 radical (unpaired) electrons. The van der Waals surface area contributed by atoms with Crippen LogP contribution in [0.15, 0.2) is 0 Å². The predicted molar refractivity (Wildman–Crippen MR) is 69.6 cm³/mol. The van der Waals surface area contributed by atoms with Gasteiger partial charge in [-0.2, -0.15) is 0 Å². The Balaban J connectivity index is 3.21. The van der Waals surface area contributed by atoms with Crippen molar-refractivity contribution in [2.45, 2.75) is 51.5 Å². The van der Waals surface area contributed by atoms with Crippen molar-refractivity contribution in [2.75, 3.05) is 7.11 Å². The molecular formula is C13H18O10. The van der Waals surface area contributed by atoms with E-state index in [1.165, 1.54) is 0 Å². The topological polar surface area (TPSA) is 135 Å². The number of hydrogen-bond acceptors (Lipinski definition) is 10. The fourth-order valence-electron chi connectivity index (χ4n) is 2.10. The van der Waals surface area contributed by atoms with Gasteiger partial charge in [0.05, 0.1) is 7.11 Å². The van der Waals surface area contributed by atoms with Crippen molar-refractivity contribution < 1.29 is 48.0 Å². The smallest absolute Gasteiger partial charge is 0.339 e. The molecule has 23 heavy (non-hydrogen) atoms. The first-order chi connectivity index (χ1) is 10.7. The van der Waals surface area contributed by atoms with Crippen LogP contribution < -0.4 is 0 Å². The van der Waals surface area contributed by atoms with E-state index in [0.717, 1.165) is 27.9 Å². The molecule has 1 heterocycles. The van der Waals surface area contributed by atoms with Gasteiger partial charge in [-0.25, -0.2) is 4.79 Å². The SMILES string of the molecule is COC(=O)[C@@H]1O[C@H](O)[C@@H](OC(C)=O)[C@H](OC(C)=O)[C@H]1OC(C)=O. The minimum atomic E-state index is -1.79. The Morgan fingerprint density at radius 1 is 0.826 bits per heavy atom. The minimum absolute atomic E-state index is 0.798. The third-order valence-corrected chi connectivity index (χ3v) is 2.85. The van der Waals surface area contributed by atoms with E-state index in [0.29, 0.717) is 0 Å². The molecule has 10 nitrogen and oxygen atoms in total. The van der Waals surface area contributed by atoms with Gasteiger partial charge in [0.25, 0.3) is 0 Å². The third kappa shape index (κ3) is 4.89. The molecule has 1 N–H and O–H groups in total. The first-order valence-electron chi connectivity index (χ1n) is 6.60. The standard InChI is InChI=1S/C13H18O10/c1-5(14)20-8-9(21-6(2)15)11(22-7(3)16)13(18)23-10(8)12(17)19-4/h8-11,13,18H,1-4H3/t8-,9-,10-,11+,13+/m1/s1. The quantitative estimate of drug-likeness (QED) is 0.486. The van der Waals surface area contributed by atoms with Gasteiger partial charge in [0.1, 0.15) is 0 Å². The van der Waals surface area contributed by atoms with Crippen LogP contribution in [0, 0.1) is 0 Å². The number of ether oxygens (including phenoxy) is 5. The van der Waals surface area contributed by atoms with E-state index in [4.69, 9.17) is 18.9 Å². The highest BCUT2D eigenvalue weighted by Crippen LogP contribution is 2.28. The number of carbonyl (C=O) groups excluding carboxylic acids is 4. The lowest BCUT2D eigenvalue weighted by atomic mass is 9.98. The Morgan fingerprint density at radius 2 is 1.26 bits per heavy atom. The highest BCUT2D eigenvalue weighted by Gasteiger charge is 2.54. The molecular weight excluding hydrogens is 316 g/mol. The van der Waals surface area contributed by atoms with Gasteiger partial charge in [-0.3, -0.25) is 14.4 Å². The zero-order valence-electron chi connectivity index (χ0n) is 13.0. The minimum Gasteiger partial charge on any atom is -0.467 e. The second kappa shape index (κ2) is 7.88. The van der Waals surface area contributed by atoms with Crippen LogP contribution in [0.4, 0.5) is 0 Å².